The van der Waals surface area contributed by atoms with Crippen molar-refractivity contribution in [2.45, 2.75) is 18.9 Å². The summed E-state index contributed by atoms with van der Waals surface area (Å²) in [4.78, 5) is 10.2. The van der Waals surface area contributed by atoms with Crippen LogP contribution in [-0.4, -0.2) is 11.0 Å². The summed E-state index contributed by atoms with van der Waals surface area (Å²) in [6, 6.07) is 12.3. The van der Waals surface area contributed by atoms with Crippen LogP contribution in [0.4, 0.5) is 5.69 Å². The lowest BCUT2D eigenvalue weighted by molar-refractivity contribution is -0.384. The molecule has 4 nitrogen and oxygen atoms in total. The molecule has 2 aromatic carbocycles. The summed E-state index contributed by atoms with van der Waals surface area (Å²) in [5.74, 6) is 0. The van der Waals surface area contributed by atoms with E-state index in [0.29, 0.717) is 17.9 Å². The van der Waals surface area contributed by atoms with E-state index in [2.05, 4.69) is 15.9 Å². The van der Waals surface area contributed by atoms with E-state index in [0.717, 1.165) is 15.6 Å². The third-order valence-electron chi connectivity index (χ3n) is 3.17. The smallest absolute Gasteiger partial charge is 0.270 e. The molecular weight excluding hydrogens is 356 g/mol. The Kier molecular flexibility index (Phi) is 5.33. The van der Waals surface area contributed by atoms with Gasteiger partial charge in [-0.3, -0.25) is 10.1 Å². The molecule has 0 heterocycles. The molecule has 0 aliphatic rings. The van der Waals surface area contributed by atoms with Crippen LogP contribution >= 0.6 is 27.5 Å². The third kappa shape index (κ3) is 4.27. The van der Waals surface area contributed by atoms with Crippen LogP contribution in [0.25, 0.3) is 0 Å². The van der Waals surface area contributed by atoms with Crippen molar-refractivity contribution >= 4 is 33.2 Å². The van der Waals surface area contributed by atoms with Crippen molar-refractivity contribution in [3.63, 3.8) is 0 Å². The van der Waals surface area contributed by atoms with Crippen LogP contribution in [0.3, 0.4) is 0 Å². The maximum Gasteiger partial charge on any atom is 0.270 e. The predicted octanol–water partition coefficient (Wildman–Crippen LogP) is 4.12. The zero-order valence-electron chi connectivity index (χ0n) is 11.1. The van der Waals surface area contributed by atoms with E-state index in [9.17, 15) is 10.1 Å². The first kappa shape index (κ1) is 15.9. The quantitative estimate of drug-likeness (QED) is 0.636. The highest BCUT2D eigenvalue weighted by molar-refractivity contribution is 9.10. The van der Waals surface area contributed by atoms with Crippen molar-refractivity contribution in [2.24, 2.45) is 5.73 Å². The number of halogens is 2. The van der Waals surface area contributed by atoms with Gasteiger partial charge in [-0.05, 0) is 30.0 Å². The molecule has 0 aromatic heterocycles. The lowest BCUT2D eigenvalue weighted by Crippen LogP contribution is -2.25. The summed E-state index contributed by atoms with van der Waals surface area (Å²) in [7, 11) is 0. The molecule has 1 unspecified atom stereocenters. The molecular formula is C15H14BrClN2O2. The molecule has 2 rings (SSSR count). The molecule has 0 fully saturated rings. The maximum atomic E-state index is 10.7. The van der Waals surface area contributed by atoms with Crippen molar-refractivity contribution in [3.8, 4) is 0 Å². The molecule has 0 aliphatic heterocycles. The molecule has 2 N–H and O–H groups in total. The lowest BCUT2D eigenvalue weighted by atomic mass is 9.99. The van der Waals surface area contributed by atoms with Crippen LogP contribution in [0.15, 0.2) is 46.9 Å². The minimum absolute atomic E-state index is 0.0110. The number of nitrogens with zero attached hydrogens (tertiary/aromatic N) is 1. The first-order valence-corrected chi connectivity index (χ1v) is 7.56. The van der Waals surface area contributed by atoms with Gasteiger partial charge in [0, 0.05) is 22.6 Å². The molecule has 2 aromatic rings. The molecule has 0 spiro atoms. The largest absolute Gasteiger partial charge is 0.327 e. The summed E-state index contributed by atoms with van der Waals surface area (Å²) < 4.78 is 1.02. The van der Waals surface area contributed by atoms with E-state index < -0.39 is 4.92 Å². The van der Waals surface area contributed by atoms with E-state index in [-0.39, 0.29) is 11.7 Å². The van der Waals surface area contributed by atoms with Crippen LogP contribution in [0.1, 0.15) is 11.1 Å². The summed E-state index contributed by atoms with van der Waals surface area (Å²) >= 11 is 9.58. The van der Waals surface area contributed by atoms with Gasteiger partial charge in [-0.25, -0.2) is 0 Å². The van der Waals surface area contributed by atoms with Gasteiger partial charge in [0.15, 0.2) is 0 Å². The standard InChI is InChI=1S/C15H14BrClN2O2/c16-14-4-2-1-3-10(14)7-12(18)8-11-5-6-13(19(20)21)9-15(11)17/h1-6,9,12H,7-8,18H2. The first-order chi connectivity index (χ1) is 9.97. The molecule has 0 saturated carbocycles. The Balaban J connectivity index is 2.08. The number of benzene rings is 2. The Morgan fingerprint density at radius 3 is 2.48 bits per heavy atom. The Morgan fingerprint density at radius 1 is 1.19 bits per heavy atom. The Labute approximate surface area is 136 Å². The van der Waals surface area contributed by atoms with Gasteiger partial charge in [-0.2, -0.15) is 0 Å². The lowest BCUT2D eigenvalue weighted by Gasteiger charge is -2.14. The van der Waals surface area contributed by atoms with Gasteiger partial charge in [-0.1, -0.05) is 51.8 Å². The topological polar surface area (TPSA) is 69.2 Å². The first-order valence-electron chi connectivity index (χ1n) is 6.39. The molecule has 0 aliphatic carbocycles. The van der Waals surface area contributed by atoms with Gasteiger partial charge < -0.3 is 5.73 Å². The molecule has 110 valence electrons. The molecule has 0 amide bonds. The monoisotopic (exact) mass is 368 g/mol. The molecule has 1 atom stereocenters. The van der Waals surface area contributed by atoms with Gasteiger partial charge in [0.2, 0.25) is 0 Å². The molecule has 0 bridgehead atoms. The number of nitrogens with two attached hydrogens (primary N) is 1. The fourth-order valence-electron chi connectivity index (χ4n) is 2.12. The van der Waals surface area contributed by atoms with E-state index in [1.807, 2.05) is 24.3 Å². The molecule has 0 radical (unpaired) electrons. The summed E-state index contributed by atoms with van der Waals surface area (Å²) in [5, 5.41) is 11.1. The van der Waals surface area contributed by atoms with Crippen molar-refractivity contribution < 1.29 is 4.92 Å². The fourth-order valence-corrected chi connectivity index (χ4v) is 2.81. The second-order valence-corrected chi connectivity index (χ2v) is 6.05. The van der Waals surface area contributed by atoms with Crippen LogP contribution in [-0.2, 0) is 12.8 Å². The number of nitro benzene ring substituents is 1. The van der Waals surface area contributed by atoms with Crippen LogP contribution in [0, 0.1) is 10.1 Å². The van der Waals surface area contributed by atoms with Crippen molar-refractivity contribution in [1.82, 2.24) is 0 Å². The highest BCUT2D eigenvalue weighted by Gasteiger charge is 2.13. The predicted molar refractivity (Wildman–Crippen MR) is 87.6 cm³/mol. The van der Waals surface area contributed by atoms with Crippen molar-refractivity contribution in [1.29, 1.82) is 0 Å². The van der Waals surface area contributed by atoms with Crippen molar-refractivity contribution in [3.05, 3.63) is 73.2 Å². The Morgan fingerprint density at radius 2 is 1.86 bits per heavy atom. The second kappa shape index (κ2) is 7.02. The van der Waals surface area contributed by atoms with E-state index in [1.54, 1.807) is 6.07 Å². The Bertz CT molecular complexity index is 664. The van der Waals surface area contributed by atoms with Gasteiger partial charge in [0.25, 0.3) is 5.69 Å². The molecule has 6 heteroatoms. The van der Waals surface area contributed by atoms with Crippen LogP contribution in [0.2, 0.25) is 5.02 Å². The minimum Gasteiger partial charge on any atom is -0.327 e. The normalized spacial score (nSPS) is 12.1. The van der Waals surface area contributed by atoms with Crippen LogP contribution < -0.4 is 5.73 Å². The Hall–Kier alpha value is -1.43. The third-order valence-corrected chi connectivity index (χ3v) is 4.29. The fraction of sp³-hybridized carbons (Fsp3) is 0.200. The minimum atomic E-state index is -0.462. The van der Waals surface area contributed by atoms with Crippen molar-refractivity contribution in [2.75, 3.05) is 0 Å². The maximum absolute atomic E-state index is 10.7. The van der Waals surface area contributed by atoms with E-state index in [4.69, 9.17) is 17.3 Å². The zero-order chi connectivity index (χ0) is 15.4. The van der Waals surface area contributed by atoms with Gasteiger partial charge in [-0.15, -0.1) is 0 Å². The van der Waals surface area contributed by atoms with Crippen LogP contribution in [0.5, 0.6) is 0 Å². The number of rotatable bonds is 5. The summed E-state index contributed by atoms with van der Waals surface area (Å²) in [6.07, 6.45) is 1.27. The average Bonchev–Trinajstić information content (AvgIpc) is 2.43. The SMILES string of the molecule is NC(Cc1ccc([N+](=O)[O-])cc1Cl)Cc1ccccc1Br. The molecule has 21 heavy (non-hydrogen) atoms. The summed E-state index contributed by atoms with van der Waals surface area (Å²) in [5.41, 5.74) is 8.10. The highest BCUT2D eigenvalue weighted by Crippen LogP contribution is 2.24. The number of hydrogen-bond acceptors (Lipinski definition) is 3. The number of nitro groups is 1. The zero-order valence-corrected chi connectivity index (χ0v) is 13.5. The number of non-ortho nitro benzene ring substituents is 1. The van der Waals surface area contributed by atoms with Gasteiger partial charge in [0.1, 0.15) is 0 Å². The molecule has 0 saturated heterocycles. The number of hydrogen-bond donors (Lipinski definition) is 1. The van der Waals surface area contributed by atoms with E-state index in [1.165, 1.54) is 12.1 Å². The highest BCUT2D eigenvalue weighted by atomic mass is 79.9. The van der Waals surface area contributed by atoms with E-state index >= 15 is 0 Å². The second-order valence-electron chi connectivity index (χ2n) is 4.79. The van der Waals surface area contributed by atoms with Gasteiger partial charge >= 0.3 is 0 Å². The summed E-state index contributed by atoms with van der Waals surface area (Å²) in [6.45, 7) is 0. The average molecular weight is 370 g/mol. The van der Waals surface area contributed by atoms with Gasteiger partial charge in [0.05, 0.1) is 9.95 Å².